The molecule has 1 heterocycles. The number of hydrogen-bond donors (Lipinski definition) is 2. The summed E-state index contributed by atoms with van der Waals surface area (Å²) in [5.41, 5.74) is 3.43. The molecule has 1 aliphatic rings. The summed E-state index contributed by atoms with van der Waals surface area (Å²) in [6, 6.07) is 3.56. The van der Waals surface area contributed by atoms with E-state index in [1.807, 2.05) is 6.07 Å². The van der Waals surface area contributed by atoms with Gasteiger partial charge in [0.25, 0.3) is 0 Å². The maximum absolute atomic E-state index is 5.96. The van der Waals surface area contributed by atoms with Crippen LogP contribution in [-0.2, 0) is 6.54 Å². The minimum atomic E-state index is 0.255. The van der Waals surface area contributed by atoms with Gasteiger partial charge >= 0.3 is 0 Å². The second-order valence-electron chi connectivity index (χ2n) is 2.68. The molecule has 3 N–H and O–H groups in total. The fraction of sp³-hybridized carbons (Fsp3) is 0.250. The van der Waals surface area contributed by atoms with Crippen molar-refractivity contribution in [3.05, 3.63) is 22.7 Å². The highest BCUT2D eigenvalue weighted by molar-refractivity contribution is 6.31. The fourth-order valence-electron chi connectivity index (χ4n) is 1.20. The first-order valence-corrected chi connectivity index (χ1v) is 4.20. The van der Waals surface area contributed by atoms with Crippen molar-refractivity contribution >= 4 is 11.6 Å². The summed E-state index contributed by atoms with van der Waals surface area (Å²) in [6.45, 7) is 0.765. The Morgan fingerprint density at radius 1 is 1.38 bits per heavy atom. The first kappa shape index (κ1) is 8.62. The lowest BCUT2D eigenvalue weighted by molar-refractivity contribution is 0.174. The highest BCUT2D eigenvalue weighted by Crippen LogP contribution is 2.36. The zero-order valence-corrected chi connectivity index (χ0v) is 7.60. The maximum atomic E-state index is 5.96. The van der Waals surface area contributed by atoms with E-state index in [-0.39, 0.29) is 6.79 Å². The van der Waals surface area contributed by atoms with Crippen LogP contribution < -0.4 is 20.7 Å². The van der Waals surface area contributed by atoms with Crippen molar-refractivity contribution in [2.24, 2.45) is 5.84 Å². The molecule has 0 atom stereocenters. The number of fused-ring (bicyclic) bond motifs is 1. The standard InChI is InChI=1S/C8H9ClN2O2/c9-6-2-8-7(12-4-13-8)1-5(6)3-11-10/h1-2,11H,3-4,10H2. The summed E-state index contributed by atoms with van der Waals surface area (Å²) in [7, 11) is 0. The molecular weight excluding hydrogens is 192 g/mol. The van der Waals surface area contributed by atoms with Crippen molar-refractivity contribution in [3.63, 3.8) is 0 Å². The van der Waals surface area contributed by atoms with Gasteiger partial charge in [-0.2, -0.15) is 0 Å². The number of rotatable bonds is 2. The predicted octanol–water partition coefficient (Wildman–Crippen LogP) is 1.03. The van der Waals surface area contributed by atoms with Gasteiger partial charge in [0.05, 0.1) is 0 Å². The molecule has 1 aliphatic heterocycles. The summed E-state index contributed by atoms with van der Waals surface area (Å²) >= 11 is 5.96. The smallest absolute Gasteiger partial charge is 0.231 e. The van der Waals surface area contributed by atoms with Crippen LogP contribution >= 0.6 is 11.6 Å². The zero-order valence-electron chi connectivity index (χ0n) is 6.84. The first-order valence-electron chi connectivity index (χ1n) is 3.83. The van der Waals surface area contributed by atoms with Crippen molar-refractivity contribution in [1.82, 2.24) is 5.43 Å². The molecule has 4 nitrogen and oxygen atoms in total. The van der Waals surface area contributed by atoms with E-state index in [1.54, 1.807) is 6.07 Å². The first-order chi connectivity index (χ1) is 6.31. The summed E-state index contributed by atoms with van der Waals surface area (Å²) in [6.07, 6.45) is 0. The van der Waals surface area contributed by atoms with Crippen LogP contribution in [-0.4, -0.2) is 6.79 Å². The molecule has 2 rings (SSSR count). The van der Waals surface area contributed by atoms with Gasteiger partial charge in [-0.3, -0.25) is 11.3 Å². The Kier molecular flexibility index (Phi) is 2.26. The summed E-state index contributed by atoms with van der Waals surface area (Å²) in [5, 5.41) is 0.627. The van der Waals surface area contributed by atoms with Crippen LogP contribution in [0.1, 0.15) is 5.56 Å². The predicted molar refractivity (Wildman–Crippen MR) is 48.6 cm³/mol. The highest BCUT2D eigenvalue weighted by atomic mass is 35.5. The zero-order chi connectivity index (χ0) is 9.26. The van der Waals surface area contributed by atoms with Crippen LogP contribution in [0.3, 0.4) is 0 Å². The van der Waals surface area contributed by atoms with E-state index in [1.165, 1.54) is 0 Å². The van der Waals surface area contributed by atoms with Crippen molar-refractivity contribution in [2.45, 2.75) is 6.54 Å². The third kappa shape index (κ3) is 1.56. The van der Waals surface area contributed by atoms with Crippen molar-refractivity contribution < 1.29 is 9.47 Å². The Hall–Kier alpha value is -0.970. The van der Waals surface area contributed by atoms with Crippen LogP contribution in [0.5, 0.6) is 11.5 Å². The number of nitrogens with two attached hydrogens (primary N) is 1. The molecule has 1 aromatic rings. The molecule has 0 aromatic heterocycles. The minimum Gasteiger partial charge on any atom is -0.454 e. The van der Waals surface area contributed by atoms with Gasteiger partial charge < -0.3 is 9.47 Å². The highest BCUT2D eigenvalue weighted by Gasteiger charge is 2.15. The van der Waals surface area contributed by atoms with Crippen LogP contribution in [0.15, 0.2) is 12.1 Å². The number of halogens is 1. The molecule has 0 fully saturated rings. The molecule has 0 radical (unpaired) electrons. The van der Waals surface area contributed by atoms with Gasteiger partial charge in [0, 0.05) is 17.6 Å². The topological polar surface area (TPSA) is 56.5 Å². The van der Waals surface area contributed by atoms with E-state index in [0.29, 0.717) is 17.3 Å². The van der Waals surface area contributed by atoms with Gasteiger partial charge in [-0.15, -0.1) is 0 Å². The normalized spacial score (nSPS) is 13.4. The molecule has 5 heteroatoms. The second kappa shape index (κ2) is 3.41. The van der Waals surface area contributed by atoms with Crippen LogP contribution in [0, 0.1) is 0 Å². The quantitative estimate of drug-likeness (QED) is 0.553. The summed E-state index contributed by atoms with van der Waals surface area (Å²) in [4.78, 5) is 0. The third-order valence-corrected chi connectivity index (χ3v) is 2.19. The van der Waals surface area contributed by atoms with E-state index in [9.17, 15) is 0 Å². The number of benzene rings is 1. The van der Waals surface area contributed by atoms with Gasteiger partial charge in [-0.1, -0.05) is 11.6 Å². The van der Waals surface area contributed by atoms with E-state index in [0.717, 1.165) is 11.3 Å². The Balaban J connectivity index is 2.37. The molecule has 0 spiro atoms. The number of nitrogens with one attached hydrogen (secondary N) is 1. The van der Waals surface area contributed by atoms with E-state index >= 15 is 0 Å². The molecule has 0 saturated carbocycles. The van der Waals surface area contributed by atoms with Crippen LogP contribution in [0.4, 0.5) is 0 Å². The lowest BCUT2D eigenvalue weighted by atomic mass is 10.2. The molecule has 0 bridgehead atoms. The van der Waals surface area contributed by atoms with Crippen molar-refractivity contribution in [2.75, 3.05) is 6.79 Å². The Morgan fingerprint density at radius 3 is 2.77 bits per heavy atom. The number of ether oxygens (including phenoxy) is 2. The van der Waals surface area contributed by atoms with Gasteiger partial charge in [0.2, 0.25) is 6.79 Å². The number of hydrogen-bond acceptors (Lipinski definition) is 4. The largest absolute Gasteiger partial charge is 0.454 e. The number of hydrazine groups is 1. The second-order valence-corrected chi connectivity index (χ2v) is 3.08. The Bertz CT molecular complexity index is 330. The van der Waals surface area contributed by atoms with E-state index < -0.39 is 0 Å². The minimum absolute atomic E-state index is 0.255. The molecule has 0 saturated heterocycles. The maximum Gasteiger partial charge on any atom is 0.231 e. The van der Waals surface area contributed by atoms with Gasteiger partial charge in [0.1, 0.15) is 0 Å². The lowest BCUT2D eigenvalue weighted by Crippen LogP contribution is -2.20. The monoisotopic (exact) mass is 200 g/mol. The van der Waals surface area contributed by atoms with Crippen molar-refractivity contribution in [1.29, 1.82) is 0 Å². The lowest BCUT2D eigenvalue weighted by Gasteiger charge is -2.04. The Labute approximate surface area is 80.5 Å². The van der Waals surface area contributed by atoms with Crippen LogP contribution in [0.25, 0.3) is 0 Å². The SMILES string of the molecule is NNCc1cc2c(cc1Cl)OCO2. The van der Waals surface area contributed by atoms with Crippen molar-refractivity contribution in [3.8, 4) is 11.5 Å². The average Bonchev–Trinajstić information content (AvgIpc) is 2.52. The molecule has 0 aliphatic carbocycles. The fourth-order valence-corrected chi connectivity index (χ4v) is 1.43. The summed E-state index contributed by atoms with van der Waals surface area (Å²) in [5.74, 6) is 6.60. The average molecular weight is 201 g/mol. The Morgan fingerprint density at radius 2 is 2.08 bits per heavy atom. The molecule has 13 heavy (non-hydrogen) atoms. The van der Waals surface area contributed by atoms with E-state index in [2.05, 4.69) is 5.43 Å². The van der Waals surface area contributed by atoms with Gasteiger partial charge in [-0.05, 0) is 11.6 Å². The summed E-state index contributed by atoms with van der Waals surface area (Å²) < 4.78 is 10.3. The van der Waals surface area contributed by atoms with Crippen LogP contribution in [0.2, 0.25) is 5.02 Å². The molecular formula is C8H9ClN2O2. The molecule has 1 aromatic carbocycles. The van der Waals surface area contributed by atoms with E-state index in [4.69, 9.17) is 26.9 Å². The van der Waals surface area contributed by atoms with Gasteiger partial charge in [-0.25, -0.2) is 0 Å². The molecule has 70 valence electrons. The third-order valence-electron chi connectivity index (χ3n) is 1.83. The molecule has 0 unspecified atom stereocenters. The molecule has 0 amide bonds. The van der Waals surface area contributed by atoms with Gasteiger partial charge in [0.15, 0.2) is 11.5 Å².